The molecule has 0 bridgehead atoms. The number of rotatable bonds is 2. The van der Waals surface area contributed by atoms with Crippen LogP contribution in [0.15, 0.2) is 48.5 Å². The van der Waals surface area contributed by atoms with E-state index >= 15 is 0 Å². The van der Waals surface area contributed by atoms with Crippen molar-refractivity contribution in [3.8, 4) is 0 Å². The van der Waals surface area contributed by atoms with Crippen LogP contribution in [0.5, 0.6) is 0 Å². The second kappa shape index (κ2) is 7.15. The third-order valence-electron chi connectivity index (χ3n) is 4.92. The molecule has 2 aliphatic rings. The SMILES string of the molecule is O=C(Nc1ccccc1N1CCOCC1)N1CCc2ccccc2C1. The van der Waals surface area contributed by atoms with E-state index in [-0.39, 0.29) is 6.03 Å². The Bertz CT molecular complexity index is 756. The van der Waals surface area contributed by atoms with E-state index < -0.39 is 0 Å². The van der Waals surface area contributed by atoms with Crippen LogP contribution in [0.3, 0.4) is 0 Å². The molecule has 130 valence electrons. The lowest BCUT2D eigenvalue weighted by molar-refractivity contribution is 0.123. The van der Waals surface area contributed by atoms with Gasteiger partial charge in [0.2, 0.25) is 0 Å². The Morgan fingerprint density at radius 1 is 0.920 bits per heavy atom. The van der Waals surface area contributed by atoms with Crippen molar-refractivity contribution in [3.05, 3.63) is 59.7 Å². The summed E-state index contributed by atoms with van der Waals surface area (Å²) in [5, 5.41) is 3.11. The van der Waals surface area contributed by atoms with Crippen LogP contribution < -0.4 is 10.2 Å². The molecular formula is C20H23N3O2. The van der Waals surface area contributed by atoms with Crippen molar-refractivity contribution < 1.29 is 9.53 Å². The highest BCUT2D eigenvalue weighted by Crippen LogP contribution is 2.27. The monoisotopic (exact) mass is 337 g/mol. The predicted molar refractivity (Wildman–Crippen MR) is 99.0 cm³/mol. The highest BCUT2D eigenvalue weighted by Gasteiger charge is 2.22. The number of fused-ring (bicyclic) bond motifs is 1. The number of morpholine rings is 1. The van der Waals surface area contributed by atoms with Crippen LogP contribution in [0, 0.1) is 0 Å². The van der Waals surface area contributed by atoms with Crippen LogP contribution in [0.4, 0.5) is 16.2 Å². The molecule has 1 N–H and O–H groups in total. The molecule has 1 fully saturated rings. The van der Waals surface area contributed by atoms with E-state index in [0.717, 1.165) is 50.6 Å². The summed E-state index contributed by atoms with van der Waals surface area (Å²) in [5.74, 6) is 0. The Labute approximate surface area is 148 Å². The predicted octanol–water partition coefficient (Wildman–Crippen LogP) is 3.11. The fourth-order valence-corrected chi connectivity index (χ4v) is 3.52. The number of anilines is 2. The first kappa shape index (κ1) is 16.0. The van der Waals surface area contributed by atoms with Gasteiger partial charge < -0.3 is 19.9 Å². The summed E-state index contributed by atoms with van der Waals surface area (Å²) < 4.78 is 5.43. The van der Waals surface area contributed by atoms with Gasteiger partial charge in [-0.05, 0) is 29.7 Å². The second-order valence-electron chi connectivity index (χ2n) is 6.49. The molecule has 1 saturated heterocycles. The third-order valence-corrected chi connectivity index (χ3v) is 4.92. The molecule has 0 radical (unpaired) electrons. The molecule has 4 rings (SSSR count). The molecule has 2 heterocycles. The van der Waals surface area contributed by atoms with Gasteiger partial charge in [0.15, 0.2) is 0 Å². The topological polar surface area (TPSA) is 44.8 Å². The van der Waals surface area contributed by atoms with Gasteiger partial charge in [0, 0.05) is 26.2 Å². The normalized spacial score (nSPS) is 17.1. The number of nitrogens with zero attached hydrogens (tertiary/aromatic N) is 2. The van der Waals surface area contributed by atoms with E-state index in [1.165, 1.54) is 11.1 Å². The van der Waals surface area contributed by atoms with Crippen molar-refractivity contribution in [2.24, 2.45) is 0 Å². The molecular weight excluding hydrogens is 314 g/mol. The number of nitrogens with one attached hydrogen (secondary N) is 1. The lowest BCUT2D eigenvalue weighted by atomic mass is 10.0. The van der Waals surface area contributed by atoms with Gasteiger partial charge in [0.1, 0.15) is 0 Å². The van der Waals surface area contributed by atoms with E-state index in [9.17, 15) is 4.79 Å². The van der Waals surface area contributed by atoms with E-state index in [1.54, 1.807) is 0 Å². The van der Waals surface area contributed by atoms with Crippen LogP contribution in [-0.4, -0.2) is 43.8 Å². The van der Waals surface area contributed by atoms with Gasteiger partial charge in [0.25, 0.3) is 0 Å². The minimum Gasteiger partial charge on any atom is -0.378 e. The van der Waals surface area contributed by atoms with Crippen molar-refractivity contribution in [1.29, 1.82) is 0 Å². The van der Waals surface area contributed by atoms with E-state index in [1.807, 2.05) is 29.2 Å². The van der Waals surface area contributed by atoms with Crippen molar-refractivity contribution >= 4 is 17.4 Å². The van der Waals surface area contributed by atoms with Crippen LogP contribution in [0.2, 0.25) is 0 Å². The zero-order chi connectivity index (χ0) is 17.1. The van der Waals surface area contributed by atoms with Gasteiger partial charge in [0.05, 0.1) is 24.6 Å². The summed E-state index contributed by atoms with van der Waals surface area (Å²) in [7, 11) is 0. The first-order valence-corrected chi connectivity index (χ1v) is 8.86. The summed E-state index contributed by atoms with van der Waals surface area (Å²) in [6, 6.07) is 16.3. The highest BCUT2D eigenvalue weighted by atomic mass is 16.5. The Morgan fingerprint density at radius 2 is 1.64 bits per heavy atom. The highest BCUT2D eigenvalue weighted by molar-refractivity contribution is 5.93. The summed E-state index contributed by atoms with van der Waals surface area (Å²) in [4.78, 5) is 16.9. The van der Waals surface area contributed by atoms with Crippen LogP contribution in [-0.2, 0) is 17.7 Å². The third kappa shape index (κ3) is 3.46. The molecule has 2 aliphatic heterocycles. The van der Waals surface area contributed by atoms with E-state index in [0.29, 0.717) is 6.54 Å². The molecule has 2 aromatic carbocycles. The van der Waals surface area contributed by atoms with Crippen molar-refractivity contribution in [2.75, 3.05) is 43.1 Å². The summed E-state index contributed by atoms with van der Waals surface area (Å²) in [5.41, 5.74) is 4.52. The minimum absolute atomic E-state index is 0.0322. The van der Waals surface area contributed by atoms with Gasteiger partial charge in [-0.2, -0.15) is 0 Å². The van der Waals surface area contributed by atoms with Crippen LogP contribution in [0.25, 0.3) is 0 Å². The molecule has 5 nitrogen and oxygen atoms in total. The first-order chi connectivity index (χ1) is 12.3. The molecule has 0 spiro atoms. The average Bonchev–Trinajstić information content (AvgIpc) is 2.68. The molecule has 2 aromatic rings. The van der Waals surface area contributed by atoms with Gasteiger partial charge in [-0.1, -0.05) is 36.4 Å². The molecule has 0 atom stereocenters. The standard InChI is InChI=1S/C20H23N3O2/c24-20(23-10-9-16-5-1-2-6-17(16)15-23)21-18-7-3-4-8-19(18)22-11-13-25-14-12-22/h1-8H,9-15H2,(H,21,24). The average molecular weight is 337 g/mol. The molecule has 2 amide bonds. The Hall–Kier alpha value is -2.53. The lowest BCUT2D eigenvalue weighted by Crippen LogP contribution is -2.40. The molecule has 0 aromatic heterocycles. The zero-order valence-electron chi connectivity index (χ0n) is 14.3. The van der Waals surface area contributed by atoms with Gasteiger partial charge in [-0.15, -0.1) is 0 Å². The molecule has 0 unspecified atom stereocenters. The van der Waals surface area contributed by atoms with Crippen LogP contribution in [0.1, 0.15) is 11.1 Å². The number of para-hydroxylation sites is 2. The maximum Gasteiger partial charge on any atom is 0.322 e. The smallest absolute Gasteiger partial charge is 0.322 e. The molecule has 0 aliphatic carbocycles. The van der Waals surface area contributed by atoms with Gasteiger partial charge in [-0.25, -0.2) is 4.79 Å². The van der Waals surface area contributed by atoms with E-state index in [2.05, 4.69) is 34.5 Å². The number of carbonyl (C=O) groups is 1. The van der Waals surface area contributed by atoms with Crippen molar-refractivity contribution in [3.63, 3.8) is 0 Å². The summed E-state index contributed by atoms with van der Waals surface area (Å²) in [6.07, 6.45) is 0.911. The number of amides is 2. The van der Waals surface area contributed by atoms with Gasteiger partial charge in [-0.3, -0.25) is 0 Å². The van der Waals surface area contributed by atoms with Crippen molar-refractivity contribution in [1.82, 2.24) is 4.90 Å². The second-order valence-corrected chi connectivity index (χ2v) is 6.49. The number of urea groups is 1. The maximum atomic E-state index is 12.8. The Balaban J connectivity index is 1.48. The number of carbonyl (C=O) groups excluding carboxylic acids is 1. The summed E-state index contributed by atoms with van der Waals surface area (Å²) in [6.45, 7) is 4.58. The molecule has 0 saturated carbocycles. The Kier molecular flexibility index (Phi) is 4.57. The molecule has 25 heavy (non-hydrogen) atoms. The van der Waals surface area contributed by atoms with Gasteiger partial charge >= 0.3 is 6.03 Å². The maximum absolute atomic E-state index is 12.8. The van der Waals surface area contributed by atoms with Crippen molar-refractivity contribution in [2.45, 2.75) is 13.0 Å². The Morgan fingerprint density at radius 3 is 2.48 bits per heavy atom. The zero-order valence-corrected chi connectivity index (χ0v) is 14.3. The van der Waals surface area contributed by atoms with E-state index in [4.69, 9.17) is 4.74 Å². The first-order valence-electron chi connectivity index (χ1n) is 8.86. The number of benzene rings is 2. The quantitative estimate of drug-likeness (QED) is 0.916. The molecule has 5 heteroatoms. The summed E-state index contributed by atoms with van der Waals surface area (Å²) >= 11 is 0. The largest absolute Gasteiger partial charge is 0.378 e. The number of hydrogen-bond donors (Lipinski definition) is 1. The number of hydrogen-bond acceptors (Lipinski definition) is 3. The fourth-order valence-electron chi connectivity index (χ4n) is 3.52. The minimum atomic E-state index is -0.0322. The van der Waals surface area contributed by atoms with Crippen LogP contribution >= 0.6 is 0 Å². The number of ether oxygens (including phenoxy) is 1. The lowest BCUT2D eigenvalue weighted by Gasteiger charge is -2.32. The fraction of sp³-hybridized carbons (Fsp3) is 0.350.